The topological polar surface area (TPSA) is 46.3 Å². The molecule has 0 saturated carbocycles. The molecule has 0 aliphatic carbocycles. The van der Waals surface area contributed by atoms with Crippen LogP contribution < -0.4 is 5.73 Å². The monoisotopic (exact) mass is 366 g/mol. The molecule has 0 bridgehead atoms. The van der Waals surface area contributed by atoms with Gasteiger partial charge in [0.1, 0.15) is 5.82 Å². The summed E-state index contributed by atoms with van der Waals surface area (Å²) in [6, 6.07) is 4.15. The van der Waals surface area contributed by atoms with Crippen molar-refractivity contribution in [1.29, 1.82) is 0 Å². The largest absolute Gasteiger partial charge is 0.340 e. The van der Waals surface area contributed by atoms with Crippen LogP contribution in [-0.4, -0.2) is 23.9 Å². The van der Waals surface area contributed by atoms with Gasteiger partial charge in [0.05, 0.1) is 6.04 Å². The molecule has 0 radical (unpaired) electrons. The third kappa shape index (κ3) is 5.04. The number of amides is 1. The van der Waals surface area contributed by atoms with Gasteiger partial charge in [0, 0.05) is 23.6 Å². The summed E-state index contributed by atoms with van der Waals surface area (Å²) in [6.45, 7) is 4.15. The van der Waals surface area contributed by atoms with Crippen LogP contribution in [0.3, 0.4) is 0 Å². The maximum Gasteiger partial charge on any atom is 0.239 e. The molecule has 0 aromatic heterocycles. The van der Waals surface area contributed by atoms with Gasteiger partial charge in [0.25, 0.3) is 0 Å². The van der Waals surface area contributed by atoms with E-state index >= 15 is 0 Å². The van der Waals surface area contributed by atoms with E-state index in [1.807, 2.05) is 13.8 Å². The summed E-state index contributed by atoms with van der Waals surface area (Å²) in [4.78, 5) is 13.6. The van der Waals surface area contributed by atoms with E-state index in [4.69, 9.17) is 5.73 Å². The predicted octanol–water partition coefficient (Wildman–Crippen LogP) is 3.34. The van der Waals surface area contributed by atoms with E-state index in [9.17, 15) is 9.18 Å². The van der Waals surface area contributed by atoms with E-state index in [2.05, 4.69) is 15.9 Å². The zero-order valence-corrected chi connectivity index (χ0v) is 14.3. The fraction of sp³-hybridized carbons (Fsp3) is 0.500. The number of benzene rings is 1. The summed E-state index contributed by atoms with van der Waals surface area (Å²) < 4.78 is 14.4. The smallest absolute Gasteiger partial charge is 0.239 e. The van der Waals surface area contributed by atoms with Gasteiger partial charge in [0.15, 0.2) is 0 Å². The van der Waals surface area contributed by atoms with Gasteiger partial charge < -0.3 is 10.6 Å². The molecule has 2 atom stereocenters. The lowest BCUT2D eigenvalue weighted by Gasteiger charge is -2.24. The van der Waals surface area contributed by atoms with Gasteiger partial charge in [-0.25, -0.2) is 4.39 Å². The molecule has 0 fully saturated rings. The lowest BCUT2D eigenvalue weighted by molar-refractivity contribution is -0.133. The summed E-state index contributed by atoms with van der Waals surface area (Å²) in [7, 11) is 1.64. The molecule has 0 saturated heterocycles. The van der Waals surface area contributed by atoms with Crippen molar-refractivity contribution in [3.8, 4) is 0 Å². The van der Waals surface area contributed by atoms with Crippen molar-refractivity contribution in [3.05, 3.63) is 34.1 Å². The van der Waals surface area contributed by atoms with Gasteiger partial charge in [0.2, 0.25) is 5.91 Å². The highest BCUT2D eigenvalue weighted by Crippen LogP contribution is 2.17. The Labute approximate surface area is 134 Å². The highest BCUT2D eigenvalue weighted by atomic mass is 79.9. The van der Waals surface area contributed by atoms with Gasteiger partial charge in [-0.2, -0.15) is 0 Å². The van der Waals surface area contributed by atoms with Crippen LogP contribution in [0.25, 0.3) is 0 Å². The highest BCUT2D eigenvalue weighted by Gasteiger charge is 2.23. The molecule has 114 valence electrons. The van der Waals surface area contributed by atoms with Gasteiger partial charge in [-0.3, -0.25) is 4.79 Å². The average Bonchev–Trinajstić information content (AvgIpc) is 2.40. The molecule has 0 heterocycles. The Morgan fingerprint density at radius 1 is 1.50 bits per heavy atom. The third-order valence-corrected chi connectivity index (χ3v) is 3.83. The second-order valence-electron chi connectivity index (χ2n) is 4.84. The molecule has 3 nitrogen and oxygen atoms in total. The second kappa shape index (κ2) is 8.60. The normalized spacial score (nSPS) is 13.3. The quantitative estimate of drug-likeness (QED) is 0.867. The Hall–Kier alpha value is -0.650. The first-order chi connectivity index (χ1) is 8.86. The summed E-state index contributed by atoms with van der Waals surface area (Å²) >= 11 is 3.29. The zero-order valence-electron chi connectivity index (χ0n) is 11.9. The van der Waals surface area contributed by atoms with E-state index in [1.54, 1.807) is 19.2 Å². The summed E-state index contributed by atoms with van der Waals surface area (Å²) in [5.41, 5.74) is 6.37. The minimum atomic E-state index is -0.537. The Morgan fingerprint density at radius 3 is 2.65 bits per heavy atom. The van der Waals surface area contributed by atoms with Crippen LogP contribution in [0.1, 0.15) is 25.8 Å². The van der Waals surface area contributed by atoms with E-state index in [-0.39, 0.29) is 36.6 Å². The number of rotatable bonds is 5. The van der Waals surface area contributed by atoms with Crippen LogP contribution in [0, 0.1) is 11.7 Å². The number of hydrogen-bond donors (Lipinski definition) is 1. The van der Waals surface area contributed by atoms with Crippen molar-refractivity contribution in [1.82, 2.24) is 4.90 Å². The van der Waals surface area contributed by atoms with E-state index < -0.39 is 6.04 Å². The molecule has 1 rings (SSSR count). The number of halogens is 3. The van der Waals surface area contributed by atoms with Crippen molar-refractivity contribution in [2.45, 2.75) is 32.9 Å². The van der Waals surface area contributed by atoms with Crippen LogP contribution in [0.2, 0.25) is 0 Å². The Bertz CT molecular complexity index is 459. The van der Waals surface area contributed by atoms with Crippen LogP contribution in [0.5, 0.6) is 0 Å². The summed E-state index contributed by atoms with van der Waals surface area (Å²) in [6.07, 6.45) is 0.839. The molecule has 6 heteroatoms. The molecule has 2 unspecified atom stereocenters. The summed E-state index contributed by atoms with van der Waals surface area (Å²) in [5, 5.41) is 0. The maximum absolute atomic E-state index is 13.6. The lowest BCUT2D eigenvalue weighted by Crippen LogP contribution is -2.45. The average molecular weight is 368 g/mol. The minimum absolute atomic E-state index is 0. The van der Waals surface area contributed by atoms with E-state index in [0.29, 0.717) is 5.56 Å². The molecule has 1 aromatic carbocycles. The standard InChI is InChI=1S/C14H20BrFN2O.ClH/c1-4-9(2)13(17)14(19)18(3)8-10-7-11(15)5-6-12(10)16;/h5-7,9,13H,4,8,17H2,1-3H3;1H. The molecule has 1 aromatic rings. The predicted molar refractivity (Wildman–Crippen MR) is 85.3 cm³/mol. The Balaban J connectivity index is 0.00000361. The van der Waals surface area contributed by atoms with E-state index in [0.717, 1.165) is 10.9 Å². The SMILES string of the molecule is CCC(C)C(N)C(=O)N(C)Cc1cc(Br)ccc1F.Cl. The highest BCUT2D eigenvalue weighted by molar-refractivity contribution is 9.10. The van der Waals surface area contributed by atoms with Crippen molar-refractivity contribution < 1.29 is 9.18 Å². The maximum atomic E-state index is 13.6. The lowest BCUT2D eigenvalue weighted by atomic mass is 9.99. The first kappa shape index (κ1) is 19.4. The number of carbonyl (C=O) groups is 1. The number of nitrogens with two attached hydrogens (primary N) is 1. The first-order valence-corrected chi connectivity index (χ1v) is 7.10. The molecular weight excluding hydrogens is 347 g/mol. The molecule has 2 N–H and O–H groups in total. The van der Waals surface area contributed by atoms with Gasteiger partial charge in [-0.1, -0.05) is 36.2 Å². The molecule has 1 amide bonds. The second-order valence-corrected chi connectivity index (χ2v) is 5.76. The molecule has 0 spiro atoms. The number of likely N-dealkylation sites (N-methyl/N-ethyl adjacent to an activating group) is 1. The first-order valence-electron chi connectivity index (χ1n) is 6.31. The van der Waals surface area contributed by atoms with E-state index in [1.165, 1.54) is 11.0 Å². The number of carbonyl (C=O) groups excluding carboxylic acids is 1. The van der Waals surface area contributed by atoms with Crippen LogP contribution in [0.4, 0.5) is 4.39 Å². The van der Waals surface area contributed by atoms with Gasteiger partial charge in [-0.15, -0.1) is 12.4 Å². The van der Waals surface area contributed by atoms with Crippen LogP contribution in [0.15, 0.2) is 22.7 Å². The summed E-state index contributed by atoms with van der Waals surface area (Å²) in [5.74, 6) is -0.365. The fourth-order valence-corrected chi connectivity index (χ4v) is 2.16. The molecular formula is C14H21BrClFN2O. The van der Waals surface area contributed by atoms with Crippen LogP contribution >= 0.6 is 28.3 Å². The van der Waals surface area contributed by atoms with Crippen molar-refractivity contribution in [2.24, 2.45) is 11.7 Å². The Morgan fingerprint density at radius 2 is 2.10 bits per heavy atom. The number of hydrogen-bond acceptors (Lipinski definition) is 2. The Kier molecular flexibility index (Phi) is 8.32. The van der Waals surface area contributed by atoms with Crippen molar-refractivity contribution >= 4 is 34.2 Å². The number of nitrogens with zero attached hydrogens (tertiary/aromatic N) is 1. The minimum Gasteiger partial charge on any atom is -0.340 e. The fourth-order valence-electron chi connectivity index (χ4n) is 1.75. The molecule has 0 aliphatic rings. The van der Waals surface area contributed by atoms with Crippen LogP contribution in [-0.2, 0) is 11.3 Å². The van der Waals surface area contributed by atoms with Crippen molar-refractivity contribution in [3.63, 3.8) is 0 Å². The van der Waals surface area contributed by atoms with Gasteiger partial charge >= 0.3 is 0 Å². The van der Waals surface area contributed by atoms with Gasteiger partial charge in [-0.05, 0) is 24.1 Å². The molecule has 0 aliphatic heterocycles. The van der Waals surface area contributed by atoms with Crippen molar-refractivity contribution in [2.75, 3.05) is 7.05 Å². The third-order valence-electron chi connectivity index (χ3n) is 3.33. The molecule has 20 heavy (non-hydrogen) atoms. The zero-order chi connectivity index (χ0) is 14.6.